The van der Waals surface area contributed by atoms with E-state index < -0.39 is 0 Å². The molecular formula is C15H30N2O2. The Labute approximate surface area is 117 Å². The smallest absolute Gasteiger partial charge is 0.149 e. The maximum absolute atomic E-state index is 11.9. The lowest BCUT2D eigenvalue weighted by atomic mass is 9.94. The van der Waals surface area contributed by atoms with Crippen LogP contribution < -0.4 is 5.73 Å². The molecule has 0 radical (unpaired) electrons. The average Bonchev–Trinajstić information content (AvgIpc) is 2.46. The number of unbranched alkanes of at least 4 members (excludes halogenated alkanes) is 2. The van der Waals surface area contributed by atoms with Gasteiger partial charge in [-0.05, 0) is 25.3 Å². The van der Waals surface area contributed by atoms with Gasteiger partial charge in [-0.25, -0.2) is 0 Å². The Balaban J connectivity index is 2.02. The van der Waals surface area contributed by atoms with Crippen LogP contribution in [0.2, 0.25) is 0 Å². The lowest BCUT2D eigenvalue weighted by molar-refractivity contribution is -0.121. The van der Waals surface area contributed by atoms with Gasteiger partial charge in [0, 0.05) is 19.5 Å². The number of Topliss-reactive ketones (excluding diaryl/α,β-unsaturated/α-hetero) is 1. The molecule has 1 saturated heterocycles. The van der Waals surface area contributed by atoms with E-state index >= 15 is 0 Å². The molecule has 4 nitrogen and oxygen atoms in total. The first-order valence-electron chi connectivity index (χ1n) is 7.73. The molecule has 1 aliphatic heterocycles. The minimum absolute atomic E-state index is 0.237. The second kappa shape index (κ2) is 9.45. The molecule has 0 aromatic heterocycles. The van der Waals surface area contributed by atoms with Crippen molar-refractivity contribution in [2.75, 3.05) is 32.8 Å². The van der Waals surface area contributed by atoms with Crippen molar-refractivity contribution in [3.63, 3.8) is 0 Å². The van der Waals surface area contributed by atoms with Crippen molar-refractivity contribution in [1.82, 2.24) is 4.90 Å². The Morgan fingerprint density at radius 3 is 2.58 bits per heavy atom. The van der Waals surface area contributed by atoms with Crippen molar-refractivity contribution in [3.8, 4) is 0 Å². The molecule has 0 saturated carbocycles. The Morgan fingerprint density at radius 1 is 1.26 bits per heavy atom. The summed E-state index contributed by atoms with van der Waals surface area (Å²) in [5.41, 5.74) is 5.93. The Bertz CT molecular complexity index is 253. The van der Waals surface area contributed by atoms with Crippen LogP contribution in [0.3, 0.4) is 0 Å². The third-order valence-electron chi connectivity index (χ3n) is 4.13. The monoisotopic (exact) mass is 270 g/mol. The molecule has 4 heteroatoms. The van der Waals surface area contributed by atoms with Crippen LogP contribution in [0.5, 0.6) is 0 Å². The largest absolute Gasteiger partial charge is 0.379 e. The first-order chi connectivity index (χ1) is 9.15. The second-order valence-corrected chi connectivity index (χ2v) is 5.64. The van der Waals surface area contributed by atoms with E-state index in [1.807, 2.05) is 0 Å². The topological polar surface area (TPSA) is 55.6 Å². The standard InChI is InChI=1S/C15H30N2O2/c1-3-13(2)15(16)14(18)7-5-4-6-8-17-9-11-19-12-10-17/h13,15H,3-12,16H2,1-2H3. The molecule has 2 N–H and O–H groups in total. The fourth-order valence-electron chi connectivity index (χ4n) is 2.37. The summed E-state index contributed by atoms with van der Waals surface area (Å²) in [6, 6.07) is -0.260. The first-order valence-corrected chi connectivity index (χ1v) is 7.73. The van der Waals surface area contributed by atoms with E-state index in [0.717, 1.165) is 52.1 Å². The third kappa shape index (κ3) is 6.50. The number of nitrogens with two attached hydrogens (primary N) is 1. The lowest BCUT2D eigenvalue weighted by Gasteiger charge is -2.26. The summed E-state index contributed by atoms with van der Waals surface area (Å²) in [4.78, 5) is 14.3. The number of ketones is 1. The third-order valence-corrected chi connectivity index (χ3v) is 4.13. The number of morpholine rings is 1. The summed E-state index contributed by atoms with van der Waals surface area (Å²) < 4.78 is 5.32. The molecule has 2 unspecified atom stereocenters. The zero-order valence-electron chi connectivity index (χ0n) is 12.6. The van der Waals surface area contributed by atoms with Crippen LogP contribution in [0.15, 0.2) is 0 Å². The summed E-state index contributed by atoms with van der Waals surface area (Å²) in [6.45, 7) is 9.11. The highest BCUT2D eigenvalue weighted by molar-refractivity contribution is 5.83. The number of ether oxygens (including phenoxy) is 1. The summed E-state index contributed by atoms with van der Waals surface area (Å²) >= 11 is 0. The van der Waals surface area contributed by atoms with Crippen LogP contribution in [-0.2, 0) is 9.53 Å². The van der Waals surface area contributed by atoms with E-state index in [1.165, 1.54) is 6.42 Å². The van der Waals surface area contributed by atoms with Gasteiger partial charge in [0.1, 0.15) is 5.78 Å². The Kier molecular flexibility index (Phi) is 8.26. The van der Waals surface area contributed by atoms with Crippen molar-refractivity contribution in [2.24, 2.45) is 11.7 Å². The fourth-order valence-corrected chi connectivity index (χ4v) is 2.37. The van der Waals surface area contributed by atoms with E-state index in [9.17, 15) is 4.79 Å². The zero-order valence-corrected chi connectivity index (χ0v) is 12.6. The Hall–Kier alpha value is -0.450. The van der Waals surface area contributed by atoms with E-state index in [1.54, 1.807) is 0 Å². The van der Waals surface area contributed by atoms with Crippen molar-refractivity contribution >= 4 is 5.78 Å². The molecule has 1 rings (SSSR count). The predicted octanol–water partition coefficient (Wildman–Crippen LogP) is 1.82. The molecule has 1 aliphatic rings. The highest BCUT2D eigenvalue weighted by Crippen LogP contribution is 2.11. The molecule has 19 heavy (non-hydrogen) atoms. The predicted molar refractivity (Wildman–Crippen MR) is 78.2 cm³/mol. The number of carbonyl (C=O) groups excluding carboxylic acids is 1. The minimum Gasteiger partial charge on any atom is -0.379 e. The molecule has 2 atom stereocenters. The quantitative estimate of drug-likeness (QED) is 0.649. The molecule has 0 spiro atoms. The van der Waals surface area contributed by atoms with Gasteiger partial charge < -0.3 is 10.5 Å². The molecule has 0 aliphatic carbocycles. The Morgan fingerprint density at radius 2 is 1.95 bits per heavy atom. The summed E-state index contributed by atoms with van der Waals surface area (Å²) in [7, 11) is 0. The van der Waals surface area contributed by atoms with E-state index in [-0.39, 0.29) is 11.8 Å². The van der Waals surface area contributed by atoms with Crippen molar-refractivity contribution in [1.29, 1.82) is 0 Å². The number of nitrogens with zero attached hydrogens (tertiary/aromatic N) is 1. The van der Waals surface area contributed by atoms with Gasteiger partial charge in [0.05, 0.1) is 19.3 Å². The number of rotatable bonds is 9. The highest BCUT2D eigenvalue weighted by Gasteiger charge is 2.18. The zero-order chi connectivity index (χ0) is 14.1. The van der Waals surface area contributed by atoms with Crippen LogP contribution in [-0.4, -0.2) is 49.6 Å². The molecular weight excluding hydrogens is 240 g/mol. The van der Waals surface area contributed by atoms with E-state index in [4.69, 9.17) is 10.5 Å². The molecule has 0 aromatic rings. The van der Waals surface area contributed by atoms with Gasteiger partial charge in [-0.1, -0.05) is 26.7 Å². The average molecular weight is 270 g/mol. The van der Waals surface area contributed by atoms with Gasteiger partial charge in [-0.3, -0.25) is 9.69 Å². The number of hydrogen-bond donors (Lipinski definition) is 1. The molecule has 1 fully saturated rings. The minimum atomic E-state index is -0.260. The van der Waals surface area contributed by atoms with Gasteiger partial charge in [0.25, 0.3) is 0 Å². The van der Waals surface area contributed by atoms with Crippen LogP contribution >= 0.6 is 0 Å². The van der Waals surface area contributed by atoms with Gasteiger partial charge in [0.2, 0.25) is 0 Å². The van der Waals surface area contributed by atoms with Crippen molar-refractivity contribution in [3.05, 3.63) is 0 Å². The van der Waals surface area contributed by atoms with Gasteiger partial charge in [-0.2, -0.15) is 0 Å². The first kappa shape index (κ1) is 16.6. The summed E-state index contributed by atoms with van der Waals surface area (Å²) in [5.74, 6) is 0.543. The highest BCUT2D eigenvalue weighted by atomic mass is 16.5. The van der Waals surface area contributed by atoms with Crippen LogP contribution in [0.4, 0.5) is 0 Å². The number of carbonyl (C=O) groups is 1. The van der Waals surface area contributed by atoms with E-state index in [0.29, 0.717) is 12.3 Å². The fraction of sp³-hybridized carbons (Fsp3) is 0.933. The molecule has 0 bridgehead atoms. The number of hydrogen-bond acceptors (Lipinski definition) is 4. The van der Waals surface area contributed by atoms with Crippen molar-refractivity contribution in [2.45, 2.75) is 52.0 Å². The molecule has 112 valence electrons. The maximum atomic E-state index is 11.9. The van der Waals surface area contributed by atoms with Gasteiger partial charge in [-0.15, -0.1) is 0 Å². The van der Waals surface area contributed by atoms with Crippen molar-refractivity contribution < 1.29 is 9.53 Å². The van der Waals surface area contributed by atoms with Gasteiger partial charge in [0.15, 0.2) is 0 Å². The van der Waals surface area contributed by atoms with Crippen LogP contribution in [0, 0.1) is 5.92 Å². The molecule has 1 heterocycles. The normalized spacial score (nSPS) is 20.2. The molecule has 0 aromatic carbocycles. The summed E-state index contributed by atoms with van der Waals surface area (Å²) in [6.07, 6.45) is 4.90. The van der Waals surface area contributed by atoms with Crippen LogP contribution in [0.25, 0.3) is 0 Å². The summed E-state index contributed by atoms with van der Waals surface area (Å²) in [5, 5.41) is 0. The van der Waals surface area contributed by atoms with E-state index in [2.05, 4.69) is 18.7 Å². The maximum Gasteiger partial charge on any atom is 0.149 e. The molecule has 0 amide bonds. The van der Waals surface area contributed by atoms with Crippen LogP contribution in [0.1, 0.15) is 46.0 Å². The van der Waals surface area contributed by atoms with Gasteiger partial charge >= 0.3 is 0 Å². The lowest BCUT2D eigenvalue weighted by Crippen LogP contribution is -2.37. The second-order valence-electron chi connectivity index (χ2n) is 5.64. The SMILES string of the molecule is CCC(C)C(N)C(=O)CCCCCN1CCOCC1.